The minimum absolute atomic E-state index is 0.0492. The highest BCUT2D eigenvalue weighted by molar-refractivity contribution is 6.51. The van der Waals surface area contributed by atoms with Crippen LogP contribution in [0.2, 0.25) is 0 Å². The lowest BCUT2D eigenvalue weighted by atomic mass is 9.65. The summed E-state index contributed by atoms with van der Waals surface area (Å²) in [5.41, 5.74) is -0.0457. The molecule has 26 heavy (non-hydrogen) atoms. The Balaban J connectivity index is 2.00. The first kappa shape index (κ1) is 17.0. The SMILES string of the molecule is CC(C)C1=C(O)C2=C(C=C3C(O)CCC4(C)C(=O)OC(=C2)C34)C(=O)C1=O. The lowest BCUT2D eigenvalue weighted by Gasteiger charge is -2.36. The van der Waals surface area contributed by atoms with E-state index < -0.39 is 29.0 Å². The fourth-order valence-corrected chi connectivity index (χ4v) is 4.46. The summed E-state index contributed by atoms with van der Waals surface area (Å²) in [6.45, 7) is 5.23. The van der Waals surface area contributed by atoms with Crippen LogP contribution in [0.4, 0.5) is 0 Å². The van der Waals surface area contributed by atoms with Crippen LogP contribution in [-0.2, 0) is 19.1 Å². The van der Waals surface area contributed by atoms with Crippen molar-refractivity contribution in [3.63, 3.8) is 0 Å². The molecule has 136 valence electrons. The minimum Gasteiger partial charge on any atom is -0.507 e. The van der Waals surface area contributed by atoms with Crippen LogP contribution in [0.3, 0.4) is 0 Å². The number of carbonyl (C=O) groups is 3. The van der Waals surface area contributed by atoms with E-state index in [-0.39, 0.29) is 34.4 Å². The van der Waals surface area contributed by atoms with Gasteiger partial charge in [-0.2, -0.15) is 0 Å². The van der Waals surface area contributed by atoms with Crippen molar-refractivity contribution in [2.75, 3.05) is 0 Å². The van der Waals surface area contributed by atoms with Crippen LogP contribution in [0.5, 0.6) is 0 Å². The number of ether oxygens (including phenoxy) is 1. The van der Waals surface area contributed by atoms with Crippen LogP contribution in [0.25, 0.3) is 0 Å². The molecule has 6 heteroatoms. The Morgan fingerprint density at radius 1 is 1.15 bits per heavy atom. The van der Waals surface area contributed by atoms with Crippen molar-refractivity contribution in [2.45, 2.75) is 39.7 Å². The lowest BCUT2D eigenvalue weighted by Crippen LogP contribution is -2.39. The number of hydrogen-bond acceptors (Lipinski definition) is 6. The topological polar surface area (TPSA) is 101 Å². The normalized spacial score (nSPS) is 33.7. The molecule has 3 aliphatic carbocycles. The molecule has 0 aromatic carbocycles. The second-order valence-electron chi connectivity index (χ2n) is 7.89. The summed E-state index contributed by atoms with van der Waals surface area (Å²) in [5.74, 6) is -2.60. The molecule has 1 aliphatic heterocycles. The maximum atomic E-state index is 12.7. The summed E-state index contributed by atoms with van der Waals surface area (Å²) in [5, 5.41) is 21.2. The molecule has 0 spiro atoms. The van der Waals surface area contributed by atoms with Gasteiger partial charge in [-0.05, 0) is 43.4 Å². The average molecular weight is 356 g/mol. The van der Waals surface area contributed by atoms with Crippen LogP contribution >= 0.6 is 0 Å². The molecule has 1 saturated carbocycles. The van der Waals surface area contributed by atoms with Gasteiger partial charge in [-0.15, -0.1) is 0 Å². The van der Waals surface area contributed by atoms with Crippen molar-refractivity contribution in [3.8, 4) is 0 Å². The molecule has 1 saturated heterocycles. The first-order chi connectivity index (χ1) is 12.2. The molecule has 0 radical (unpaired) electrons. The molecule has 4 aliphatic rings. The third kappa shape index (κ3) is 1.99. The zero-order valence-corrected chi connectivity index (χ0v) is 14.8. The Morgan fingerprint density at radius 3 is 2.50 bits per heavy atom. The minimum atomic E-state index is -0.835. The van der Waals surface area contributed by atoms with E-state index in [0.29, 0.717) is 24.2 Å². The number of allylic oxidation sites excluding steroid dienone is 5. The van der Waals surface area contributed by atoms with Gasteiger partial charge in [-0.25, -0.2) is 0 Å². The highest BCUT2D eigenvalue weighted by Crippen LogP contribution is 2.55. The molecule has 0 aromatic rings. The third-order valence-corrected chi connectivity index (χ3v) is 5.92. The van der Waals surface area contributed by atoms with Gasteiger partial charge >= 0.3 is 5.97 Å². The predicted octanol–water partition coefficient (Wildman–Crippen LogP) is 2.06. The summed E-state index contributed by atoms with van der Waals surface area (Å²) in [6.07, 6.45) is 2.94. The van der Waals surface area contributed by atoms with E-state index in [4.69, 9.17) is 4.74 Å². The Kier molecular flexibility index (Phi) is 3.44. The molecule has 6 nitrogen and oxygen atoms in total. The fourth-order valence-electron chi connectivity index (χ4n) is 4.46. The van der Waals surface area contributed by atoms with Crippen molar-refractivity contribution in [1.82, 2.24) is 0 Å². The molecule has 0 amide bonds. The van der Waals surface area contributed by atoms with Crippen LogP contribution in [0.15, 0.2) is 46.0 Å². The van der Waals surface area contributed by atoms with Gasteiger partial charge in [0.05, 0.1) is 17.4 Å². The first-order valence-corrected chi connectivity index (χ1v) is 8.77. The van der Waals surface area contributed by atoms with Gasteiger partial charge in [0.2, 0.25) is 11.6 Å². The monoisotopic (exact) mass is 356 g/mol. The highest BCUT2D eigenvalue weighted by Gasteiger charge is 2.57. The molecule has 3 atom stereocenters. The third-order valence-electron chi connectivity index (χ3n) is 5.92. The lowest BCUT2D eigenvalue weighted by molar-refractivity contribution is -0.145. The molecule has 0 bridgehead atoms. The Bertz CT molecular complexity index is 897. The Labute approximate surface area is 150 Å². The van der Waals surface area contributed by atoms with Crippen molar-refractivity contribution in [2.24, 2.45) is 17.3 Å². The van der Waals surface area contributed by atoms with Crippen molar-refractivity contribution in [3.05, 3.63) is 46.0 Å². The van der Waals surface area contributed by atoms with Gasteiger partial charge in [-0.3, -0.25) is 14.4 Å². The summed E-state index contributed by atoms with van der Waals surface area (Å²) in [7, 11) is 0. The number of rotatable bonds is 1. The van der Waals surface area contributed by atoms with Crippen LogP contribution in [-0.4, -0.2) is 33.9 Å². The number of Topliss-reactive ketones (excluding diaryl/α,β-unsaturated/α-hetero) is 2. The molecular formula is C20H20O6. The van der Waals surface area contributed by atoms with Gasteiger partial charge in [-0.1, -0.05) is 13.8 Å². The number of carbonyl (C=O) groups excluding carboxylic acids is 3. The number of aliphatic hydroxyl groups excluding tert-OH is 2. The maximum Gasteiger partial charge on any atom is 0.317 e. The molecular weight excluding hydrogens is 336 g/mol. The van der Waals surface area contributed by atoms with Crippen LogP contribution < -0.4 is 0 Å². The number of aliphatic hydroxyl groups is 2. The van der Waals surface area contributed by atoms with Gasteiger partial charge < -0.3 is 14.9 Å². The van der Waals surface area contributed by atoms with E-state index in [1.807, 2.05) is 0 Å². The predicted molar refractivity (Wildman–Crippen MR) is 90.6 cm³/mol. The van der Waals surface area contributed by atoms with Gasteiger partial charge in [0.1, 0.15) is 11.5 Å². The molecule has 1 heterocycles. The van der Waals surface area contributed by atoms with E-state index in [9.17, 15) is 24.6 Å². The number of esters is 1. The first-order valence-electron chi connectivity index (χ1n) is 8.77. The standard InChI is InChI=1S/C20H20O6/c1-8(2)14-16(22)10-7-13-15-11(6-9(10)17(23)18(14)24)12(21)4-5-20(15,3)19(25)26-13/h6-8,12,15,21-22H,4-5H2,1-3H3. The summed E-state index contributed by atoms with van der Waals surface area (Å²) < 4.78 is 5.47. The zero-order valence-electron chi connectivity index (χ0n) is 14.8. The molecule has 2 fully saturated rings. The highest BCUT2D eigenvalue weighted by atomic mass is 16.5. The van der Waals surface area contributed by atoms with Crippen molar-refractivity contribution in [1.29, 1.82) is 0 Å². The van der Waals surface area contributed by atoms with Gasteiger partial charge in [0.25, 0.3) is 0 Å². The number of ketones is 2. The molecule has 2 N–H and O–H groups in total. The van der Waals surface area contributed by atoms with Crippen LogP contribution in [0, 0.1) is 17.3 Å². The van der Waals surface area contributed by atoms with E-state index >= 15 is 0 Å². The molecule has 4 rings (SSSR count). The van der Waals surface area contributed by atoms with Crippen LogP contribution in [0.1, 0.15) is 33.6 Å². The summed E-state index contributed by atoms with van der Waals surface area (Å²) >= 11 is 0. The Morgan fingerprint density at radius 2 is 1.85 bits per heavy atom. The van der Waals surface area contributed by atoms with E-state index in [1.165, 1.54) is 12.2 Å². The second kappa shape index (κ2) is 5.27. The van der Waals surface area contributed by atoms with Gasteiger partial charge in [0.15, 0.2) is 0 Å². The quantitative estimate of drug-likeness (QED) is 0.424. The summed E-state index contributed by atoms with van der Waals surface area (Å²) in [6, 6.07) is 0. The van der Waals surface area contributed by atoms with E-state index in [2.05, 4.69) is 0 Å². The number of hydrogen-bond donors (Lipinski definition) is 2. The fraction of sp³-hybridized carbons (Fsp3) is 0.450. The summed E-state index contributed by atoms with van der Waals surface area (Å²) in [4.78, 5) is 37.6. The molecule has 3 unspecified atom stereocenters. The van der Waals surface area contributed by atoms with Crippen molar-refractivity contribution < 1.29 is 29.3 Å². The zero-order chi connectivity index (χ0) is 19.0. The largest absolute Gasteiger partial charge is 0.507 e. The Hall–Kier alpha value is -2.47. The second-order valence-corrected chi connectivity index (χ2v) is 7.89. The van der Waals surface area contributed by atoms with Gasteiger partial charge in [0, 0.05) is 16.7 Å². The maximum absolute atomic E-state index is 12.7. The van der Waals surface area contributed by atoms with Crippen molar-refractivity contribution >= 4 is 17.5 Å². The smallest absolute Gasteiger partial charge is 0.317 e. The van der Waals surface area contributed by atoms with E-state index in [1.54, 1.807) is 20.8 Å². The van der Waals surface area contributed by atoms with E-state index in [0.717, 1.165) is 0 Å². The average Bonchev–Trinajstić information content (AvgIpc) is 2.72. The molecule has 0 aromatic heterocycles.